The second-order valence-corrected chi connectivity index (χ2v) is 8.55. The molecule has 1 atom stereocenters. The normalized spacial score (nSPS) is 25.2. The molecule has 2 aromatic rings. The van der Waals surface area contributed by atoms with Gasteiger partial charge in [0.1, 0.15) is 18.2 Å². The zero-order chi connectivity index (χ0) is 20.1. The number of hydrogen-bond donors (Lipinski definition) is 0. The summed E-state index contributed by atoms with van der Waals surface area (Å²) in [6.07, 6.45) is 1.63. The molecule has 2 nitrogen and oxygen atoms in total. The first-order valence-corrected chi connectivity index (χ1v) is 9.90. The first-order chi connectivity index (χ1) is 13.2. The van der Waals surface area contributed by atoms with E-state index in [2.05, 4.69) is 4.90 Å². The molecule has 0 radical (unpaired) electrons. The standard InChI is InChI=1S/C22H23ClF3NO/c1-21(17-7-6-15(23)12-18(17)24)13-28-19-5-3-4-16(20(19)22(21,25)26)14-8-10-27(2)11-9-14/h3-7,12,14H,8-11,13H2,1-2H3. The minimum Gasteiger partial charge on any atom is -0.492 e. The van der Waals surface area contributed by atoms with Crippen LogP contribution < -0.4 is 4.74 Å². The molecule has 6 heteroatoms. The minimum atomic E-state index is -3.28. The maximum atomic E-state index is 16.0. The van der Waals surface area contributed by atoms with Gasteiger partial charge in [-0.2, -0.15) is 0 Å². The van der Waals surface area contributed by atoms with Crippen molar-refractivity contribution in [1.29, 1.82) is 0 Å². The average Bonchev–Trinajstić information content (AvgIpc) is 2.65. The van der Waals surface area contributed by atoms with Gasteiger partial charge < -0.3 is 9.64 Å². The molecule has 2 aliphatic rings. The van der Waals surface area contributed by atoms with Crippen molar-refractivity contribution < 1.29 is 17.9 Å². The van der Waals surface area contributed by atoms with Crippen molar-refractivity contribution in [2.75, 3.05) is 26.7 Å². The number of benzene rings is 2. The lowest BCUT2D eigenvalue weighted by molar-refractivity contribution is -0.113. The quantitative estimate of drug-likeness (QED) is 0.628. The zero-order valence-corrected chi connectivity index (χ0v) is 16.7. The van der Waals surface area contributed by atoms with E-state index in [0.29, 0.717) is 5.56 Å². The molecule has 0 spiro atoms. The highest BCUT2D eigenvalue weighted by atomic mass is 35.5. The molecule has 1 unspecified atom stereocenters. The second-order valence-electron chi connectivity index (χ2n) is 8.12. The van der Waals surface area contributed by atoms with Crippen LogP contribution in [0.15, 0.2) is 36.4 Å². The molecular formula is C22H23ClF3NO. The van der Waals surface area contributed by atoms with Crippen molar-refractivity contribution in [2.45, 2.75) is 37.0 Å². The second kappa shape index (κ2) is 6.96. The van der Waals surface area contributed by atoms with Crippen molar-refractivity contribution in [3.05, 3.63) is 63.9 Å². The van der Waals surface area contributed by atoms with Crippen LogP contribution in [-0.2, 0) is 11.3 Å². The van der Waals surface area contributed by atoms with E-state index in [9.17, 15) is 4.39 Å². The Morgan fingerprint density at radius 1 is 1.14 bits per heavy atom. The summed E-state index contributed by atoms with van der Waals surface area (Å²) in [6.45, 7) is 2.80. The third kappa shape index (κ3) is 3.00. The van der Waals surface area contributed by atoms with Crippen LogP contribution in [0.5, 0.6) is 5.75 Å². The summed E-state index contributed by atoms with van der Waals surface area (Å²) in [4.78, 5) is 2.20. The Hall–Kier alpha value is -1.72. The van der Waals surface area contributed by atoms with E-state index >= 15 is 8.78 Å². The summed E-state index contributed by atoms with van der Waals surface area (Å²) >= 11 is 5.83. The van der Waals surface area contributed by atoms with E-state index in [4.69, 9.17) is 16.3 Å². The van der Waals surface area contributed by atoms with Crippen molar-refractivity contribution >= 4 is 11.6 Å². The molecule has 28 heavy (non-hydrogen) atoms. The molecule has 0 amide bonds. The van der Waals surface area contributed by atoms with E-state index < -0.39 is 17.2 Å². The van der Waals surface area contributed by atoms with Gasteiger partial charge in [-0.15, -0.1) is 0 Å². The van der Waals surface area contributed by atoms with Gasteiger partial charge >= 0.3 is 0 Å². The van der Waals surface area contributed by atoms with Gasteiger partial charge in [-0.05, 0) is 69.6 Å². The SMILES string of the molecule is CN1CCC(c2cccc3c2C(F)(F)C(C)(c2ccc(Cl)cc2F)CO3)CC1. The van der Waals surface area contributed by atoms with E-state index in [0.717, 1.165) is 32.0 Å². The predicted molar refractivity (Wildman–Crippen MR) is 104 cm³/mol. The lowest BCUT2D eigenvalue weighted by Crippen LogP contribution is -2.50. The smallest absolute Gasteiger partial charge is 0.289 e. The van der Waals surface area contributed by atoms with Gasteiger partial charge in [-0.3, -0.25) is 0 Å². The molecule has 1 fully saturated rings. The maximum absolute atomic E-state index is 16.0. The summed E-state index contributed by atoms with van der Waals surface area (Å²) in [6, 6.07) is 9.00. The van der Waals surface area contributed by atoms with E-state index in [1.165, 1.54) is 19.1 Å². The van der Waals surface area contributed by atoms with Crippen LogP contribution in [0.4, 0.5) is 13.2 Å². The number of likely N-dealkylation sites (tertiary alicyclic amines) is 1. The molecule has 0 aliphatic carbocycles. The van der Waals surface area contributed by atoms with Crippen LogP contribution in [0.2, 0.25) is 5.02 Å². The first-order valence-electron chi connectivity index (χ1n) is 9.52. The molecule has 4 rings (SSSR count). The third-order valence-corrected chi connectivity index (χ3v) is 6.50. The number of piperidine rings is 1. The predicted octanol–water partition coefficient (Wildman–Crippen LogP) is 5.73. The lowest BCUT2D eigenvalue weighted by atomic mass is 9.70. The summed E-state index contributed by atoms with van der Waals surface area (Å²) in [5.41, 5.74) is -1.37. The van der Waals surface area contributed by atoms with Gasteiger partial charge in [0, 0.05) is 10.6 Å². The number of fused-ring (bicyclic) bond motifs is 1. The largest absolute Gasteiger partial charge is 0.492 e. The van der Waals surface area contributed by atoms with Crippen LogP contribution in [0.1, 0.15) is 42.4 Å². The number of hydrogen-bond acceptors (Lipinski definition) is 2. The maximum Gasteiger partial charge on any atom is 0.289 e. The van der Waals surface area contributed by atoms with Crippen molar-refractivity contribution in [3.8, 4) is 5.75 Å². The molecule has 2 aromatic carbocycles. The van der Waals surface area contributed by atoms with Gasteiger partial charge in [-0.1, -0.05) is 29.8 Å². The zero-order valence-electron chi connectivity index (χ0n) is 15.9. The number of nitrogens with zero attached hydrogens (tertiary/aromatic N) is 1. The van der Waals surface area contributed by atoms with Crippen molar-refractivity contribution in [2.24, 2.45) is 0 Å². The number of rotatable bonds is 2. The molecular weight excluding hydrogens is 387 g/mol. The van der Waals surface area contributed by atoms with E-state index in [1.807, 2.05) is 7.05 Å². The third-order valence-electron chi connectivity index (χ3n) is 6.27. The molecule has 0 aromatic heterocycles. The topological polar surface area (TPSA) is 12.5 Å². The van der Waals surface area contributed by atoms with Crippen LogP contribution in [0.3, 0.4) is 0 Å². The Morgan fingerprint density at radius 2 is 1.86 bits per heavy atom. The fraction of sp³-hybridized carbons (Fsp3) is 0.455. The summed E-state index contributed by atoms with van der Waals surface area (Å²) in [5.74, 6) is -3.78. The highest BCUT2D eigenvalue weighted by molar-refractivity contribution is 6.30. The summed E-state index contributed by atoms with van der Waals surface area (Å²) < 4.78 is 52.4. The Balaban J connectivity index is 1.83. The molecule has 2 aliphatic heterocycles. The molecule has 0 bridgehead atoms. The van der Waals surface area contributed by atoms with Gasteiger partial charge in [0.2, 0.25) is 0 Å². The Bertz CT molecular complexity index is 895. The van der Waals surface area contributed by atoms with E-state index in [1.54, 1.807) is 18.2 Å². The molecule has 1 saturated heterocycles. The fourth-order valence-corrected chi connectivity index (χ4v) is 4.60. The average molecular weight is 410 g/mol. The number of ether oxygens (including phenoxy) is 1. The fourth-order valence-electron chi connectivity index (χ4n) is 4.44. The Morgan fingerprint density at radius 3 is 2.54 bits per heavy atom. The lowest BCUT2D eigenvalue weighted by Gasteiger charge is -2.44. The first kappa shape index (κ1) is 19.6. The van der Waals surface area contributed by atoms with Crippen LogP contribution in [0.25, 0.3) is 0 Å². The van der Waals surface area contributed by atoms with Crippen LogP contribution in [-0.4, -0.2) is 31.6 Å². The molecule has 2 heterocycles. The van der Waals surface area contributed by atoms with Crippen LogP contribution >= 0.6 is 11.6 Å². The van der Waals surface area contributed by atoms with Gasteiger partial charge in [0.25, 0.3) is 5.92 Å². The van der Waals surface area contributed by atoms with Gasteiger partial charge in [0.05, 0.1) is 11.0 Å². The Labute approximate surface area is 168 Å². The molecule has 0 N–H and O–H groups in total. The van der Waals surface area contributed by atoms with Gasteiger partial charge in [-0.25, -0.2) is 13.2 Å². The molecule has 150 valence electrons. The number of alkyl halides is 2. The summed E-state index contributed by atoms with van der Waals surface area (Å²) in [5, 5.41) is 0.178. The van der Waals surface area contributed by atoms with E-state index in [-0.39, 0.29) is 34.4 Å². The highest BCUT2D eigenvalue weighted by Crippen LogP contribution is 2.56. The van der Waals surface area contributed by atoms with Crippen LogP contribution in [0, 0.1) is 5.82 Å². The highest BCUT2D eigenvalue weighted by Gasteiger charge is 2.59. The van der Waals surface area contributed by atoms with Crippen molar-refractivity contribution in [3.63, 3.8) is 0 Å². The molecule has 0 saturated carbocycles. The summed E-state index contributed by atoms with van der Waals surface area (Å²) in [7, 11) is 2.04. The van der Waals surface area contributed by atoms with Gasteiger partial charge in [0.15, 0.2) is 0 Å². The number of halogens is 4. The monoisotopic (exact) mass is 409 g/mol. The Kier molecular flexibility index (Phi) is 4.87. The minimum absolute atomic E-state index is 0.0399. The van der Waals surface area contributed by atoms with Crippen molar-refractivity contribution in [1.82, 2.24) is 4.90 Å².